The van der Waals surface area contributed by atoms with Crippen LogP contribution in [0, 0.1) is 0 Å². The normalized spacial score (nSPS) is 12.5. The van der Waals surface area contributed by atoms with E-state index in [1.54, 1.807) is 4.72 Å². The fourth-order valence-corrected chi connectivity index (χ4v) is 1.76. The second-order valence-corrected chi connectivity index (χ2v) is 4.45. The van der Waals surface area contributed by atoms with Crippen LogP contribution in [0.5, 0.6) is 0 Å². The lowest BCUT2D eigenvalue weighted by Crippen LogP contribution is -2.49. The number of rotatable bonds is 7. The first-order valence-corrected chi connectivity index (χ1v) is 6.14. The van der Waals surface area contributed by atoms with Gasteiger partial charge in [-0.2, -0.15) is 13.1 Å². The smallest absolute Gasteiger partial charge is 0.421 e. The molecule has 0 unspecified atom stereocenters. The van der Waals surface area contributed by atoms with Crippen molar-refractivity contribution in [3.8, 4) is 0 Å². The van der Waals surface area contributed by atoms with Crippen molar-refractivity contribution in [3.63, 3.8) is 0 Å². The summed E-state index contributed by atoms with van der Waals surface area (Å²) in [5.74, 6) is -2.62. The average molecular weight is 283 g/mol. The lowest BCUT2D eigenvalue weighted by molar-refractivity contribution is -0.140. The quantitative estimate of drug-likeness (QED) is 0.415. The van der Waals surface area contributed by atoms with E-state index in [1.807, 2.05) is 0 Å². The molecule has 11 heteroatoms. The summed E-state index contributed by atoms with van der Waals surface area (Å²) in [5.41, 5.74) is 4.75. The standard InChI is InChI=1S/C7H13N3O7S/c1-2-17-7(14)10-18(15,16)9-4(6(12)13)3-5(8)11/h4,9H,2-3H2,1H3,(H2,8,11)(H,10,14)(H,12,13)/t4-/m0/s1. The van der Waals surface area contributed by atoms with Crippen molar-refractivity contribution >= 4 is 28.2 Å². The van der Waals surface area contributed by atoms with E-state index in [4.69, 9.17) is 10.8 Å². The molecule has 0 radical (unpaired) electrons. The highest BCUT2D eigenvalue weighted by Gasteiger charge is 2.27. The van der Waals surface area contributed by atoms with Gasteiger partial charge in [-0.25, -0.2) is 9.52 Å². The molecule has 10 nitrogen and oxygen atoms in total. The Labute approximate surface area is 103 Å². The summed E-state index contributed by atoms with van der Waals surface area (Å²) in [6, 6.07) is -1.77. The van der Waals surface area contributed by atoms with E-state index in [2.05, 4.69) is 4.74 Å². The number of aliphatic carboxylic acids is 1. The molecule has 5 N–H and O–H groups in total. The van der Waals surface area contributed by atoms with Crippen LogP contribution in [0.2, 0.25) is 0 Å². The van der Waals surface area contributed by atoms with Gasteiger partial charge in [0.25, 0.3) is 0 Å². The Kier molecular flexibility index (Phi) is 6.05. The van der Waals surface area contributed by atoms with E-state index in [9.17, 15) is 22.8 Å². The molecule has 0 spiro atoms. The van der Waals surface area contributed by atoms with Crippen LogP contribution in [0.15, 0.2) is 0 Å². The highest BCUT2D eigenvalue weighted by atomic mass is 32.2. The molecule has 0 aliphatic heterocycles. The molecule has 18 heavy (non-hydrogen) atoms. The molecule has 0 fully saturated rings. The predicted molar refractivity (Wildman–Crippen MR) is 57.4 cm³/mol. The minimum absolute atomic E-state index is 0.0645. The van der Waals surface area contributed by atoms with Gasteiger partial charge in [0.1, 0.15) is 6.04 Å². The van der Waals surface area contributed by atoms with E-state index < -0.39 is 40.6 Å². The maximum absolute atomic E-state index is 11.3. The van der Waals surface area contributed by atoms with Crippen LogP contribution >= 0.6 is 0 Å². The number of ether oxygens (including phenoxy) is 1. The Morgan fingerprint density at radius 1 is 1.39 bits per heavy atom. The zero-order valence-electron chi connectivity index (χ0n) is 9.37. The van der Waals surface area contributed by atoms with Gasteiger partial charge in [0.15, 0.2) is 0 Å². The number of carbonyl (C=O) groups is 3. The van der Waals surface area contributed by atoms with Gasteiger partial charge >= 0.3 is 22.3 Å². The van der Waals surface area contributed by atoms with E-state index in [0.717, 1.165) is 0 Å². The largest absolute Gasteiger partial charge is 0.480 e. The molecule has 0 saturated heterocycles. The number of carbonyl (C=O) groups excluding carboxylic acids is 2. The van der Waals surface area contributed by atoms with E-state index in [0.29, 0.717) is 0 Å². The van der Waals surface area contributed by atoms with Gasteiger partial charge < -0.3 is 15.6 Å². The Hall–Kier alpha value is -1.88. The van der Waals surface area contributed by atoms with Crippen LogP contribution in [-0.4, -0.2) is 44.1 Å². The van der Waals surface area contributed by atoms with Crippen molar-refractivity contribution in [1.29, 1.82) is 0 Å². The molecule has 2 amide bonds. The summed E-state index contributed by atoms with van der Waals surface area (Å²) in [7, 11) is -4.46. The Morgan fingerprint density at radius 3 is 2.33 bits per heavy atom. The first kappa shape index (κ1) is 16.1. The highest BCUT2D eigenvalue weighted by molar-refractivity contribution is 7.88. The van der Waals surface area contributed by atoms with Crippen LogP contribution in [0.1, 0.15) is 13.3 Å². The van der Waals surface area contributed by atoms with Crippen LogP contribution in [0.4, 0.5) is 4.79 Å². The number of primary amides is 1. The summed E-state index contributed by atoms with van der Waals surface area (Å²) in [6.45, 7) is 1.39. The number of amides is 2. The van der Waals surface area contributed by atoms with E-state index >= 15 is 0 Å². The van der Waals surface area contributed by atoms with Gasteiger partial charge in [0, 0.05) is 0 Å². The molecule has 0 heterocycles. The molecule has 0 rings (SSSR count). The monoisotopic (exact) mass is 283 g/mol. The van der Waals surface area contributed by atoms with Crippen molar-refractivity contribution in [2.24, 2.45) is 5.73 Å². The minimum atomic E-state index is -4.46. The van der Waals surface area contributed by atoms with Crippen LogP contribution < -0.4 is 15.2 Å². The van der Waals surface area contributed by atoms with E-state index in [-0.39, 0.29) is 6.61 Å². The van der Waals surface area contributed by atoms with Crippen LogP contribution in [0.25, 0.3) is 0 Å². The fourth-order valence-electron chi connectivity index (χ4n) is 0.868. The third-order valence-corrected chi connectivity index (χ3v) is 2.52. The Bertz CT molecular complexity index is 432. The number of nitrogens with one attached hydrogen (secondary N) is 2. The lowest BCUT2D eigenvalue weighted by atomic mass is 10.2. The molecule has 0 saturated carbocycles. The average Bonchev–Trinajstić information content (AvgIpc) is 2.14. The second-order valence-electron chi connectivity index (χ2n) is 3.01. The molecule has 104 valence electrons. The van der Waals surface area contributed by atoms with Crippen molar-refractivity contribution < 1.29 is 32.6 Å². The first-order chi connectivity index (χ1) is 8.18. The molecular formula is C7H13N3O7S. The van der Waals surface area contributed by atoms with Gasteiger partial charge in [-0.05, 0) is 6.92 Å². The molecule has 0 aliphatic rings. The zero-order valence-corrected chi connectivity index (χ0v) is 10.2. The third kappa shape index (κ3) is 6.65. The molecule has 1 atom stereocenters. The van der Waals surface area contributed by atoms with Gasteiger partial charge in [-0.1, -0.05) is 0 Å². The van der Waals surface area contributed by atoms with Crippen molar-refractivity contribution in [3.05, 3.63) is 0 Å². The fraction of sp³-hybridized carbons (Fsp3) is 0.571. The summed E-state index contributed by atoms with van der Waals surface area (Å²) in [5, 5.41) is 8.64. The molecule has 0 aromatic rings. The highest BCUT2D eigenvalue weighted by Crippen LogP contribution is 1.94. The number of nitrogens with two attached hydrogens (primary N) is 1. The molecule has 0 bridgehead atoms. The van der Waals surface area contributed by atoms with Gasteiger partial charge in [0.05, 0.1) is 13.0 Å². The number of hydrogen-bond donors (Lipinski definition) is 4. The summed E-state index contributed by atoms with van der Waals surface area (Å²) in [4.78, 5) is 32.0. The lowest BCUT2D eigenvalue weighted by Gasteiger charge is -2.13. The van der Waals surface area contributed by atoms with Crippen LogP contribution in [0.3, 0.4) is 0 Å². The SMILES string of the molecule is CCOC(=O)NS(=O)(=O)N[C@@H](CC(N)=O)C(=O)O. The van der Waals surface area contributed by atoms with Crippen molar-refractivity contribution in [1.82, 2.24) is 9.44 Å². The zero-order chi connectivity index (χ0) is 14.3. The van der Waals surface area contributed by atoms with Gasteiger partial charge in [-0.15, -0.1) is 0 Å². The van der Waals surface area contributed by atoms with E-state index in [1.165, 1.54) is 11.6 Å². The molecule has 0 aliphatic carbocycles. The predicted octanol–water partition coefficient (Wildman–Crippen LogP) is -2.10. The number of carboxylic acid groups (broad SMARTS) is 1. The maximum atomic E-state index is 11.3. The molecule has 0 aromatic carbocycles. The summed E-state index contributed by atoms with van der Waals surface area (Å²) >= 11 is 0. The van der Waals surface area contributed by atoms with Crippen LogP contribution in [-0.2, 0) is 24.5 Å². The van der Waals surface area contributed by atoms with Crippen molar-refractivity contribution in [2.45, 2.75) is 19.4 Å². The summed E-state index contributed by atoms with van der Waals surface area (Å²) in [6.07, 6.45) is -2.02. The summed E-state index contributed by atoms with van der Waals surface area (Å²) < 4.78 is 29.8. The maximum Gasteiger partial charge on any atom is 0.421 e. The minimum Gasteiger partial charge on any atom is -0.480 e. The number of hydrogen-bond acceptors (Lipinski definition) is 6. The van der Waals surface area contributed by atoms with Gasteiger partial charge in [0.2, 0.25) is 5.91 Å². The van der Waals surface area contributed by atoms with Crippen molar-refractivity contribution in [2.75, 3.05) is 6.61 Å². The second kappa shape index (κ2) is 6.76. The Morgan fingerprint density at radius 2 is 1.94 bits per heavy atom. The molecule has 0 aromatic heterocycles. The number of carboxylic acids is 1. The first-order valence-electron chi connectivity index (χ1n) is 4.66. The van der Waals surface area contributed by atoms with Gasteiger partial charge in [-0.3, -0.25) is 9.59 Å². The topological polar surface area (TPSA) is 165 Å². The third-order valence-electron chi connectivity index (χ3n) is 1.49. The molecular weight excluding hydrogens is 270 g/mol. The Balaban J connectivity index is 4.66.